The number of hydrogen-bond acceptors (Lipinski definition) is 3. The zero-order valence-electron chi connectivity index (χ0n) is 11.8. The highest BCUT2D eigenvalue weighted by atomic mass is 16.5. The molecule has 0 fully saturated rings. The van der Waals surface area contributed by atoms with Crippen molar-refractivity contribution in [1.82, 2.24) is 0 Å². The van der Waals surface area contributed by atoms with Crippen molar-refractivity contribution >= 4 is 0 Å². The summed E-state index contributed by atoms with van der Waals surface area (Å²) in [5, 5.41) is 8.57. The van der Waals surface area contributed by atoms with Crippen LogP contribution in [0.2, 0.25) is 0 Å². The van der Waals surface area contributed by atoms with E-state index in [4.69, 9.17) is 14.6 Å². The van der Waals surface area contributed by atoms with Crippen LogP contribution in [-0.4, -0.2) is 31.5 Å². The first kappa shape index (κ1) is 15.0. The molecule has 1 aromatic rings. The number of hydrogen-bond donors (Lipinski definition) is 1. The molecular formula is C15H24O3. The smallest absolute Gasteiger partial charge is 0.122 e. The van der Waals surface area contributed by atoms with Gasteiger partial charge >= 0.3 is 0 Å². The Bertz CT molecular complexity index is 366. The number of aryl methyl sites for hydroxylation is 1. The Morgan fingerprint density at radius 3 is 2.39 bits per heavy atom. The largest absolute Gasteiger partial charge is 0.491 e. The fourth-order valence-electron chi connectivity index (χ4n) is 1.66. The molecule has 0 saturated carbocycles. The monoisotopic (exact) mass is 252 g/mol. The lowest BCUT2D eigenvalue weighted by Gasteiger charge is -2.20. The van der Waals surface area contributed by atoms with Crippen molar-refractivity contribution in [3.63, 3.8) is 0 Å². The van der Waals surface area contributed by atoms with Gasteiger partial charge in [0.15, 0.2) is 0 Å². The predicted octanol–water partition coefficient (Wildman–Crippen LogP) is 2.68. The van der Waals surface area contributed by atoms with E-state index in [-0.39, 0.29) is 12.0 Å². The molecule has 18 heavy (non-hydrogen) atoms. The number of benzene rings is 1. The van der Waals surface area contributed by atoms with E-state index in [2.05, 4.69) is 39.8 Å². The van der Waals surface area contributed by atoms with Gasteiger partial charge in [-0.15, -0.1) is 0 Å². The van der Waals surface area contributed by atoms with Crippen LogP contribution in [0.5, 0.6) is 5.75 Å². The standard InChI is InChI=1S/C15H24O3/c1-12-11-13(15(2,3)4)5-6-14(12)18-10-9-17-8-7-16/h5-6,11,16H,7-10H2,1-4H3. The van der Waals surface area contributed by atoms with Crippen molar-refractivity contribution in [2.75, 3.05) is 26.4 Å². The Morgan fingerprint density at radius 2 is 1.83 bits per heavy atom. The first-order valence-corrected chi connectivity index (χ1v) is 6.37. The summed E-state index contributed by atoms with van der Waals surface area (Å²) in [6, 6.07) is 6.29. The summed E-state index contributed by atoms with van der Waals surface area (Å²) < 4.78 is 10.8. The number of aliphatic hydroxyl groups excluding tert-OH is 1. The maximum atomic E-state index is 8.57. The van der Waals surface area contributed by atoms with E-state index in [9.17, 15) is 0 Å². The minimum atomic E-state index is 0.0549. The van der Waals surface area contributed by atoms with Crippen LogP contribution in [0.4, 0.5) is 0 Å². The molecule has 0 aromatic heterocycles. The molecule has 0 bridgehead atoms. The van der Waals surface area contributed by atoms with Crippen LogP contribution >= 0.6 is 0 Å². The molecule has 0 aliphatic rings. The van der Waals surface area contributed by atoms with Gasteiger partial charge in [0, 0.05) is 0 Å². The highest BCUT2D eigenvalue weighted by Crippen LogP contribution is 2.27. The highest BCUT2D eigenvalue weighted by Gasteiger charge is 2.14. The SMILES string of the molecule is Cc1cc(C(C)(C)C)ccc1OCCOCCO. The molecule has 3 heteroatoms. The van der Waals surface area contributed by atoms with E-state index < -0.39 is 0 Å². The highest BCUT2D eigenvalue weighted by molar-refractivity contribution is 5.38. The van der Waals surface area contributed by atoms with E-state index in [0.717, 1.165) is 11.3 Å². The molecule has 1 rings (SSSR count). The van der Waals surface area contributed by atoms with Crippen LogP contribution in [0.3, 0.4) is 0 Å². The van der Waals surface area contributed by atoms with Gasteiger partial charge in [0.2, 0.25) is 0 Å². The lowest BCUT2D eigenvalue weighted by atomic mass is 9.86. The molecule has 3 nitrogen and oxygen atoms in total. The predicted molar refractivity (Wildman–Crippen MR) is 73.3 cm³/mol. The molecule has 0 unspecified atom stereocenters. The second kappa shape index (κ2) is 6.76. The van der Waals surface area contributed by atoms with Gasteiger partial charge in [-0.05, 0) is 29.5 Å². The molecule has 0 heterocycles. The second-order valence-corrected chi connectivity index (χ2v) is 5.41. The molecule has 0 radical (unpaired) electrons. The summed E-state index contributed by atoms with van der Waals surface area (Å²) in [6.07, 6.45) is 0. The molecule has 0 aliphatic heterocycles. The van der Waals surface area contributed by atoms with Crippen LogP contribution in [0.25, 0.3) is 0 Å². The Balaban J connectivity index is 2.53. The molecular weight excluding hydrogens is 228 g/mol. The van der Waals surface area contributed by atoms with Gasteiger partial charge in [-0.2, -0.15) is 0 Å². The fraction of sp³-hybridized carbons (Fsp3) is 0.600. The Kier molecular flexibility index (Phi) is 5.63. The van der Waals surface area contributed by atoms with Gasteiger partial charge in [-0.3, -0.25) is 0 Å². The molecule has 0 aliphatic carbocycles. The molecule has 102 valence electrons. The third kappa shape index (κ3) is 4.67. The van der Waals surface area contributed by atoms with Gasteiger partial charge in [-0.25, -0.2) is 0 Å². The van der Waals surface area contributed by atoms with Crippen LogP contribution in [-0.2, 0) is 10.2 Å². The number of ether oxygens (including phenoxy) is 2. The summed E-state index contributed by atoms with van der Waals surface area (Å²) in [5.41, 5.74) is 2.61. The minimum absolute atomic E-state index is 0.0549. The van der Waals surface area contributed by atoms with Gasteiger partial charge in [0.25, 0.3) is 0 Å². The number of aliphatic hydroxyl groups is 1. The Hall–Kier alpha value is -1.06. The third-order valence-electron chi connectivity index (χ3n) is 2.76. The van der Waals surface area contributed by atoms with Crippen LogP contribution < -0.4 is 4.74 Å². The zero-order chi connectivity index (χ0) is 13.6. The maximum Gasteiger partial charge on any atom is 0.122 e. The summed E-state index contributed by atoms with van der Waals surface area (Å²) in [5.74, 6) is 0.899. The Morgan fingerprint density at radius 1 is 1.11 bits per heavy atom. The summed E-state index contributed by atoms with van der Waals surface area (Å²) in [4.78, 5) is 0. The first-order valence-electron chi connectivity index (χ1n) is 6.37. The quantitative estimate of drug-likeness (QED) is 0.791. The summed E-state index contributed by atoms with van der Waals surface area (Å²) in [6.45, 7) is 10.1. The first-order chi connectivity index (χ1) is 8.45. The van der Waals surface area contributed by atoms with Gasteiger partial charge in [-0.1, -0.05) is 32.9 Å². The van der Waals surface area contributed by atoms with Crippen molar-refractivity contribution in [1.29, 1.82) is 0 Å². The lowest BCUT2D eigenvalue weighted by Crippen LogP contribution is -2.12. The van der Waals surface area contributed by atoms with Crippen molar-refractivity contribution in [2.45, 2.75) is 33.1 Å². The van der Waals surface area contributed by atoms with E-state index in [0.29, 0.717) is 19.8 Å². The second-order valence-electron chi connectivity index (χ2n) is 5.41. The normalized spacial score (nSPS) is 11.6. The average Bonchev–Trinajstić information content (AvgIpc) is 2.29. The van der Waals surface area contributed by atoms with Crippen molar-refractivity contribution in [3.8, 4) is 5.75 Å². The molecule has 1 N–H and O–H groups in total. The van der Waals surface area contributed by atoms with Crippen LogP contribution in [0.15, 0.2) is 18.2 Å². The van der Waals surface area contributed by atoms with Crippen molar-refractivity contribution in [2.24, 2.45) is 0 Å². The van der Waals surface area contributed by atoms with Gasteiger partial charge in [0.05, 0.1) is 19.8 Å². The minimum Gasteiger partial charge on any atom is -0.491 e. The van der Waals surface area contributed by atoms with Gasteiger partial charge in [0.1, 0.15) is 12.4 Å². The molecule has 1 aromatic carbocycles. The van der Waals surface area contributed by atoms with Crippen molar-refractivity contribution in [3.05, 3.63) is 29.3 Å². The van der Waals surface area contributed by atoms with Gasteiger partial charge < -0.3 is 14.6 Å². The van der Waals surface area contributed by atoms with Crippen molar-refractivity contribution < 1.29 is 14.6 Å². The number of rotatable bonds is 6. The van der Waals surface area contributed by atoms with Crippen LogP contribution in [0.1, 0.15) is 31.9 Å². The third-order valence-corrected chi connectivity index (χ3v) is 2.76. The Labute approximate surface area is 110 Å². The topological polar surface area (TPSA) is 38.7 Å². The fourth-order valence-corrected chi connectivity index (χ4v) is 1.66. The average molecular weight is 252 g/mol. The molecule has 0 spiro atoms. The molecule has 0 saturated heterocycles. The van der Waals surface area contributed by atoms with E-state index in [1.54, 1.807) is 0 Å². The van der Waals surface area contributed by atoms with E-state index in [1.807, 2.05) is 6.07 Å². The molecule has 0 atom stereocenters. The summed E-state index contributed by atoms with van der Waals surface area (Å²) >= 11 is 0. The maximum absolute atomic E-state index is 8.57. The molecule has 0 amide bonds. The van der Waals surface area contributed by atoms with Crippen LogP contribution in [0, 0.1) is 6.92 Å². The zero-order valence-corrected chi connectivity index (χ0v) is 11.8. The van der Waals surface area contributed by atoms with E-state index in [1.165, 1.54) is 5.56 Å². The summed E-state index contributed by atoms with van der Waals surface area (Å²) in [7, 11) is 0. The lowest BCUT2D eigenvalue weighted by molar-refractivity contribution is 0.0703. The van der Waals surface area contributed by atoms with E-state index >= 15 is 0 Å².